The van der Waals surface area contributed by atoms with Crippen molar-refractivity contribution in [2.45, 2.75) is 11.8 Å². The molecule has 0 amide bonds. The Morgan fingerprint density at radius 1 is 0.688 bits per heavy atom. The van der Waals surface area contributed by atoms with E-state index < -0.39 is 39.8 Å². The van der Waals surface area contributed by atoms with Crippen molar-refractivity contribution in [3.63, 3.8) is 0 Å². The summed E-state index contributed by atoms with van der Waals surface area (Å²) >= 11 is 0. The third-order valence-electron chi connectivity index (χ3n) is 10.2. The van der Waals surface area contributed by atoms with E-state index in [-0.39, 0.29) is 34.4 Å². The lowest BCUT2D eigenvalue weighted by molar-refractivity contribution is -0.591. The first-order valence-corrected chi connectivity index (χ1v) is 15.1. The van der Waals surface area contributed by atoms with Gasteiger partial charge in [0.25, 0.3) is 17.1 Å². The summed E-state index contributed by atoms with van der Waals surface area (Å²) in [7, 11) is 0. The van der Waals surface area contributed by atoms with Crippen LogP contribution in [0.2, 0.25) is 0 Å². The molecule has 0 bridgehead atoms. The van der Waals surface area contributed by atoms with Crippen molar-refractivity contribution in [1.82, 2.24) is 0 Å². The molecule has 4 aromatic carbocycles. The number of rotatable bonds is 0. The summed E-state index contributed by atoms with van der Waals surface area (Å²) in [5.41, 5.74) is 4.66. The van der Waals surface area contributed by atoms with Crippen LogP contribution in [0.5, 0.6) is 0 Å². The third-order valence-corrected chi connectivity index (χ3v) is 10.2. The van der Waals surface area contributed by atoms with Gasteiger partial charge in [0.05, 0.1) is 29.2 Å². The molecule has 5 heterocycles. The maximum Gasteiger partial charge on any atom is 0.288 e. The summed E-state index contributed by atoms with van der Waals surface area (Å²) < 4.78 is 67.1. The Morgan fingerprint density at radius 3 is 2.02 bits per heavy atom. The molecular formula is C40H16F4N4+2. The van der Waals surface area contributed by atoms with Crippen LogP contribution in [-0.4, -0.2) is 0 Å². The molecule has 4 nitrogen and oxygen atoms in total. The predicted molar refractivity (Wildman–Crippen MR) is 164 cm³/mol. The number of hydrogen-bond donors (Lipinski definition) is 0. The van der Waals surface area contributed by atoms with Gasteiger partial charge in [-0.1, -0.05) is 54.6 Å². The topological polar surface area (TPSA) is 55.3 Å². The molecule has 4 aliphatic rings. The Balaban J connectivity index is 1.49. The van der Waals surface area contributed by atoms with Crippen molar-refractivity contribution in [2.75, 3.05) is 0 Å². The summed E-state index contributed by atoms with van der Waals surface area (Å²) in [6.45, 7) is 0. The first kappa shape index (κ1) is 26.6. The monoisotopic (exact) mass is 628 g/mol. The van der Waals surface area contributed by atoms with E-state index in [1.165, 1.54) is 6.07 Å². The highest BCUT2D eigenvalue weighted by atomic mass is 19.1. The number of nitrogens with zero attached hydrogens (tertiary/aromatic N) is 4. The Hall–Kier alpha value is -6.56. The number of benzene rings is 4. The molecule has 0 N–H and O–H groups in total. The lowest BCUT2D eigenvalue weighted by atomic mass is 9.71. The van der Waals surface area contributed by atoms with E-state index in [0.717, 1.165) is 28.3 Å². The Morgan fingerprint density at radius 2 is 1.33 bits per heavy atom. The molecule has 2 aromatic heterocycles. The zero-order valence-corrected chi connectivity index (χ0v) is 24.6. The Bertz CT molecular complexity index is 2630. The molecule has 6 aromatic rings. The number of hydrogen-bond acceptors (Lipinski definition) is 2. The molecular weight excluding hydrogens is 612 g/mol. The fourth-order valence-electron chi connectivity index (χ4n) is 8.48. The van der Waals surface area contributed by atoms with Gasteiger partial charge in [0.1, 0.15) is 34.9 Å². The molecule has 0 saturated carbocycles. The second-order valence-electron chi connectivity index (χ2n) is 12.2. The lowest BCUT2D eigenvalue weighted by Gasteiger charge is -2.27. The minimum atomic E-state index is -1.10. The van der Waals surface area contributed by atoms with E-state index in [2.05, 4.69) is 12.1 Å². The molecule has 48 heavy (non-hydrogen) atoms. The summed E-state index contributed by atoms with van der Waals surface area (Å²) in [6, 6.07) is 35.0. The van der Waals surface area contributed by atoms with Gasteiger partial charge in [-0.05, 0) is 46.0 Å². The molecule has 0 radical (unpaired) electrons. The second kappa shape index (κ2) is 8.82. The molecule has 10 rings (SSSR count). The quantitative estimate of drug-likeness (QED) is 0.135. The highest BCUT2D eigenvalue weighted by Crippen LogP contribution is 2.57. The van der Waals surface area contributed by atoms with Crippen LogP contribution in [0.15, 0.2) is 84.9 Å². The van der Waals surface area contributed by atoms with Gasteiger partial charge < -0.3 is 0 Å². The van der Waals surface area contributed by atoms with Crippen LogP contribution in [0.3, 0.4) is 0 Å². The fraction of sp³-hybridized carbons (Fsp3) is 0.0500. The summed E-state index contributed by atoms with van der Waals surface area (Å²) in [6.07, 6.45) is -0.0461. The summed E-state index contributed by atoms with van der Waals surface area (Å²) in [4.78, 5) is 0. The van der Waals surface area contributed by atoms with E-state index >= 15 is 17.6 Å². The van der Waals surface area contributed by atoms with Gasteiger partial charge in [0, 0.05) is 18.2 Å². The lowest BCUT2D eigenvalue weighted by Crippen LogP contribution is -2.49. The van der Waals surface area contributed by atoms with Crippen molar-refractivity contribution >= 4 is 11.4 Å². The molecule has 0 fully saturated rings. The second-order valence-corrected chi connectivity index (χ2v) is 12.2. The van der Waals surface area contributed by atoms with E-state index in [9.17, 15) is 10.5 Å². The van der Waals surface area contributed by atoms with Crippen LogP contribution in [-0.2, 0) is 11.8 Å². The first-order chi connectivity index (χ1) is 23.4. The zero-order chi connectivity index (χ0) is 32.6. The van der Waals surface area contributed by atoms with Gasteiger partial charge >= 0.3 is 0 Å². The van der Waals surface area contributed by atoms with Gasteiger partial charge in [-0.15, -0.1) is 9.13 Å². The molecule has 222 valence electrons. The summed E-state index contributed by atoms with van der Waals surface area (Å²) in [5.74, 6) is -4.02. The normalized spacial score (nSPS) is 14.5. The third kappa shape index (κ3) is 2.83. The van der Waals surface area contributed by atoms with Crippen LogP contribution in [0.4, 0.5) is 17.6 Å². The number of halogens is 4. The van der Waals surface area contributed by atoms with Gasteiger partial charge in [0.15, 0.2) is 17.0 Å². The molecule has 0 atom stereocenters. The van der Waals surface area contributed by atoms with Crippen LogP contribution in [0.1, 0.15) is 44.8 Å². The SMILES string of the molecule is N#Cc1c(F)cc2c(c1F)-c1c#ccc3[n+]1C(=C1c4cc(F)c(C#N)c(F)c4-c4cccc([n+]41)C31c3ccccc3-c3ccccc31)C2. The highest BCUT2D eigenvalue weighted by Gasteiger charge is 2.62. The van der Waals surface area contributed by atoms with Gasteiger partial charge in [-0.3, -0.25) is 0 Å². The number of nitriles is 2. The highest BCUT2D eigenvalue weighted by molar-refractivity contribution is 5.92. The summed E-state index contributed by atoms with van der Waals surface area (Å²) in [5, 5.41) is 19.4. The predicted octanol–water partition coefficient (Wildman–Crippen LogP) is 6.92. The van der Waals surface area contributed by atoms with Crippen LogP contribution >= 0.6 is 0 Å². The maximum absolute atomic E-state index is 16.3. The molecule has 1 spiro atoms. The van der Waals surface area contributed by atoms with Gasteiger partial charge in [0.2, 0.25) is 17.1 Å². The smallest absolute Gasteiger partial charge is 0.205 e. The number of pyridine rings is 1. The van der Waals surface area contributed by atoms with Gasteiger partial charge in [-0.25, -0.2) is 17.6 Å². The number of allylic oxidation sites excluding steroid dienone is 1. The average Bonchev–Trinajstić information content (AvgIpc) is 3.55. The van der Waals surface area contributed by atoms with Crippen molar-refractivity contribution in [2.24, 2.45) is 0 Å². The Kier molecular flexibility index (Phi) is 4.90. The largest absolute Gasteiger partial charge is 0.288 e. The minimum absolute atomic E-state index is 0.0108. The molecule has 0 saturated heterocycles. The van der Waals surface area contributed by atoms with Crippen molar-refractivity contribution in [1.29, 1.82) is 10.5 Å². The standard InChI is InChI=1S/C40H16F4N4/c41-28-15-20-16-32-39-23-17-29(42)25(19-46)38(44)36(23)31-12-6-14-34(48(31)39)40(26-9-3-1-7-21(26)22-8-2-4-10-27(22)40)33-13-5-11-30(47(32)33)35(20)37(43)24(28)18-45/h1-4,6-10,12-15,17H,16H2/q+2. The molecule has 0 unspecified atom stereocenters. The minimum Gasteiger partial charge on any atom is -0.205 e. The van der Waals surface area contributed by atoms with Crippen LogP contribution in [0, 0.1) is 58.1 Å². The van der Waals surface area contributed by atoms with Crippen molar-refractivity contribution < 1.29 is 26.7 Å². The van der Waals surface area contributed by atoms with Crippen molar-refractivity contribution in [3.05, 3.63) is 165 Å². The van der Waals surface area contributed by atoms with E-state index in [0.29, 0.717) is 28.5 Å². The maximum atomic E-state index is 16.3. The average molecular weight is 629 g/mol. The Labute approximate surface area is 271 Å². The van der Waals surface area contributed by atoms with Crippen LogP contribution < -0.4 is 9.13 Å². The van der Waals surface area contributed by atoms with Gasteiger partial charge in [-0.2, -0.15) is 10.5 Å². The van der Waals surface area contributed by atoms with Crippen LogP contribution in [0.25, 0.3) is 45.0 Å². The van der Waals surface area contributed by atoms with Crippen molar-refractivity contribution in [3.8, 4) is 45.8 Å². The van der Waals surface area contributed by atoms with E-state index in [1.54, 1.807) is 24.3 Å². The van der Waals surface area contributed by atoms with E-state index in [1.807, 2.05) is 69.8 Å². The van der Waals surface area contributed by atoms with E-state index in [4.69, 9.17) is 0 Å². The fourth-order valence-corrected chi connectivity index (χ4v) is 8.48. The molecule has 3 aliphatic heterocycles. The first-order valence-electron chi connectivity index (χ1n) is 15.1. The molecule has 1 aliphatic carbocycles. The zero-order valence-electron chi connectivity index (χ0n) is 24.6. The number of aromatic nitrogens is 2. The molecule has 8 heteroatoms. The number of fused-ring (bicyclic) bond motifs is 12.